The van der Waals surface area contributed by atoms with E-state index in [9.17, 15) is 8.78 Å². The minimum Gasteiger partial charge on any atom is -0.481 e. The van der Waals surface area contributed by atoms with Gasteiger partial charge in [0, 0.05) is 13.8 Å². The number of halogens is 2. The monoisotopic (exact) mass is 200 g/mol. The summed E-state index contributed by atoms with van der Waals surface area (Å²) in [5.74, 6) is -1.67. The van der Waals surface area contributed by atoms with E-state index in [4.69, 9.17) is 24.6 Å². The lowest BCUT2D eigenvalue weighted by Crippen LogP contribution is -1.86. The van der Waals surface area contributed by atoms with Crippen LogP contribution in [-0.4, -0.2) is 34.9 Å². The van der Waals surface area contributed by atoms with Crippen LogP contribution < -0.4 is 0 Å². The molecule has 0 aromatic rings. The van der Waals surface area contributed by atoms with Crippen LogP contribution in [0.2, 0.25) is 0 Å². The summed E-state index contributed by atoms with van der Waals surface area (Å²) in [5.41, 5.74) is 0. The lowest BCUT2D eigenvalue weighted by molar-refractivity contribution is -0.135. The highest BCUT2D eigenvalue weighted by atomic mass is 19.3. The summed E-state index contributed by atoms with van der Waals surface area (Å²) in [4.78, 5) is 26.8. The Kier molecular flexibility index (Phi) is 17.6. The van der Waals surface area contributed by atoms with Gasteiger partial charge in [0.25, 0.3) is 18.4 Å². The first-order valence-corrected chi connectivity index (χ1v) is 2.86. The standard InChI is InChI=1S/C2H2F2O.2C2H4O2/c3-2(4)1-5;2*1-2(3)4/h1-2H;2*1H3,(H,3,4). The number of rotatable bonds is 1. The molecule has 0 bridgehead atoms. The molecule has 5 nitrogen and oxygen atoms in total. The first kappa shape index (κ1) is 17.5. The molecule has 0 aliphatic rings. The summed E-state index contributed by atoms with van der Waals surface area (Å²) < 4.78 is 20.8. The highest BCUT2D eigenvalue weighted by molar-refractivity contribution is 5.63. The van der Waals surface area contributed by atoms with E-state index >= 15 is 0 Å². The molecule has 0 amide bonds. The Morgan fingerprint density at radius 2 is 1.23 bits per heavy atom. The fourth-order valence-electron chi connectivity index (χ4n) is 0. The van der Waals surface area contributed by atoms with E-state index in [1.54, 1.807) is 0 Å². The molecule has 2 N–H and O–H groups in total. The SMILES string of the molecule is CC(=O)O.CC(=O)O.O=CC(F)F. The predicted octanol–water partition coefficient (Wildman–Crippen LogP) is 0.632. The Hall–Kier alpha value is -1.53. The van der Waals surface area contributed by atoms with Crippen molar-refractivity contribution >= 4 is 18.2 Å². The van der Waals surface area contributed by atoms with E-state index in [1.807, 2.05) is 0 Å². The molecular formula is C6H10F2O5. The van der Waals surface area contributed by atoms with Gasteiger partial charge in [0.1, 0.15) is 0 Å². The molecule has 0 unspecified atom stereocenters. The number of carboxylic acid groups (broad SMARTS) is 2. The summed E-state index contributed by atoms with van der Waals surface area (Å²) in [6.07, 6.45) is -3.21. The third-order valence-corrected chi connectivity index (χ3v) is 0.103. The first-order valence-electron chi connectivity index (χ1n) is 2.86. The second kappa shape index (κ2) is 13.1. The highest BCUT2D eigenvalue weighted by Gasteiger charge is 1.91. The summed E-state index contributed by atoms with van der Waals surface area (Å²) >= 11 is 0. The van der Waals surface area contributed by atoms with Gasteiger partial charge in [-0.25, -0.2) is 8.78 Å². The zero-order chi connectivity index (χ0) is 11.4. The number of hydrogen-bond acceptors (Lipinski definition) is 3. The highest BCUT2D eigenvalue weighted by Crippen LogP contribution is 1.80. The van der Waals surface area contributed by atoms with Crippen molar-refractivity contribution in [3.05, 3.63) is 0 Å². The predicted molar refractivity (Wildman–Crippen MR) is 38.7 cm³/mol. The van der Waals surface area contributed by atoms with Crippen molar-refractivity contribution in [3.8, 4) is 0 Å². The normalized spacial score (nSPS) is 7.15. The molecule has 0 aromatic carbocycles. The number of carboxylic acids is 2. The van der Waals surface area contributed by atoms with Gasteiger partial charge < -0.3 is 10.2 Å². The lowest BCUT2D eigenvalue weighted by Gasteiger charge is -1.70. The van der Waals surface area contributed by atoms with Gasteiger partial charge in [-0.15, -0.1) is 0 Å². The number of aliphatic carboxylic acids is 2. The maximum atomic E-state index is 10.4. The summed E-state index contributed by atoms with van der Waals surface area (Å²) in [7, 11) is 0. The Morgan fingerprint density at radius 1 is 1.15 bits per heavy atom. The minimum absolute atomic E-state index is 0.417. The van der Waals surface area contributed by atoms with Gasteiger partial charge in [0.05, 0.1) is 0 Å². The second-order valence-corrected chi connectivity index (χ2v) is 1.51. The summed E-state index contributed by atoms with van der Waals surface area (Å²) in [5, 5.41) is 14.8. The molecular weight excluding hydrogens is 190 g/mol. The molecule has 0 fully saturated rings. The number of carbonyl (C=O) groups excluding carboxylic acids is 1. The van der Waals surface area contributed by atoms with Gasteiger partial charge in [0.15, 0.2) is 6.29 Å². The zero-order valence-electron chi connectivity index (χ0n) is 7.03. The van der Waals surface area contributed by atoms with Crippen LogP contribution in [0, 0.1) is 0 Å². The average Bonchev–Trinajstić information content (AvgIpc) is 1.84. The van der Waals surface area contributed by atoms with Gasteiger partial charge in [-0.1, -0.05) is 0 Å². The Labute approximate surface area is 73.0 Å². The maximum absolute atomic E-state index is 10.4. The number of aldehydes is 1. The van der Waals surface area contributed by atoms with Crippen molar-refractivity contribution in [2.24, 2.45) is 0 Å². The second-order valence-electron chi connectivity index (χ2n) is 1.51. The van der Waals surface area contributed by atoms with Crippen molar-refractivity contribution in [3.63, 3.8) is 0 Å². The van der Waals surface area contributed by atoms with Crippen molar-refractivity contribution in [1.82, 2.24) is 0 Å². The van der Waals surface area contributed by atoms with E-state index in [0.717, 1.165) is 13.8 Å². The maximum Gasteiger partial charge on any atom is 0.300 e. The molecule has 0 aliphatic carbocycles. The molecule has 0 heterocycles. The summed E-state index contributed by atoms with van der Waals surface area (Å²) in [6.45, 7) is 2.17. The van der Waals surface area contributed by atoms with Crippen molar-refractivity contribution < 1.29 is 33.4 Å². The van der Waals surface area contributed by atoms with Crippen LogP contribution in [0.1, 0.15) is 13.8 Å². The molecule has 0 saturated heterocycles. The van der Waals surface area contributed by atoms with Crippen LogP contribution in [0.15, 0.2) is 0 Å². The molecule has 0 spiro atoms. The molecule has 0 rings (SSSR count). The minimum atomic E-state index is -2.80. The van der Waals surface area contributed by atoms with Crippen LogP contribution in [0.4, 0.5) is 8.78 Å². The van der Waals surface area contributed by atoms with E-state index in [-0.39, 0.29) is 0 Å². The number of carbonyl (C=O) groups is 3. The van der Waals surface area contributed by atoms with Gasteiger partial charge in [-0.3, -0.25) is 14.4 Å². The van der Waals surface area contributed by atoms with Gasteiger partial charge >= 0.3 is 0 Å². The molecule has 0 aromatic heterocycles. The Morgan fingerprint density at radius 3 is 1.23 bits per heavy atom. The molecule has 0 atom stereocenters. The van der Waals surface area contributed by atoms with E-state index in [1.165, 1.54) is 0 Å². The number of alkyl halides is 2. The van der Waals surface area contributed by atoms with Crippen molar-refractivity contribution in [2.75, 3.05) is 0 Å². The van der Waals surface area contributed by atoms with Crippen molar-refractivity contribution in [1.29, 1.82) is 0 Å². The quantitative estimate of drug-likeness (QED) is 0.605. The van der Waals surface area contributed by atoms with E-state index in [2.05, 4.69) is 0 Å². The molecule has 0 saturated carbocycles. The summed E-state index contributed by atoms with van der Waals surface area (Å²) in [6, 6.07) is 0. The largest absolute Gasteiger partial charge is 0.481 e. The van der Waals surface area contributed by atoms with E-state index in [0.29, 0.717) is 0 Å². The third kappa shape index (κ3) is 3400. The molecule has 0 aliphatic heterocycles. The van der Waals surface area contributed by atoms with Gasteiger partial charge in [-0.2, -0.15) is 0 Å². The topological polar surface area (TPSA) is 91.7 Å². The Bertz CT molecular complexity index is 137. The Balaban J connectivity index is -0.000000117. The van der Waals surface area contributed by atoms with Gasteiger partial charge in [0.2, 0.25) is 0 Å². The molecule has 13 heavy (non-hydrogen) atoms. The third-order valence-electron chi connectivity index (χ3n) is 0.103. The average molecular weight is 200 g/mol. The molecule has 78 valence electrons. The van der Waals surface area contributed by atoms with Gasteiger partial charge in [-0.05, 0) is 0 Å². The lowest BCUT2D eigenvalue weighted by atomic mass is 10.8. The molecule has 0 radical (unpaired) electrons. The van der Waals surface area contributed by atoms with Crippen LogP contribution in [-0.2, 0) is 14.4 Å². The van der Waals surface area contributed by atoms with Crippen molar-refractivity contribution in [2.45, 2.75) is 20.3 Å². The number of hydrogen-bond donors (Lipinski definition) is 2. The fourth-order valence-corrected chi connectivity index (χ4v) is 0. The smallest absolute Gasteiger partial charge is 0.300 e. The van der Waals surface area contributed by atoms with Crippen LogP contribution in [0.5, 0.6) is 0 Å². The van der Waals surface area contributed by atoms with E-state index < -0.39 is 24.7 Å². The fraction of sp³-hybridized carbons (Fsp3) is 0.500. The zero-order valence-corrected chi connectivity index (χ0v) is 7.03. The van der Waals surface area contributed by atoms with Crippen LogP contribution in [0.3, 0.4) is 0 Å². The first-order chi connectivity index (χ1) is 5.73. The van der Waals surface area contributed by atoms with Crippen LogP contribution in [0.25, 0.3) is 0 Å². The van der Waals surface area contributed by atoms with Crippen LogP contribution >= 0.6 is 0 Å². The molecule has 7 heteroatoms.